The number of carbonyl (C=O) groups excluding carboxylic acids is 1. The average molecular weight is 543 g/mol. The fourth-order valence-corrected chi connectivity index (χ4v) is 2.10. The van der Waals surface area contributed by atoms with Crippen molar-refractivity contribution < 1.29 is 4.79 Å². The lowest BCUT2D eigenvalue weighted by molar-refractivity contribution is -0.127. The summed E-state index contributed by atoms with van der Waals surface area (Å²) >= 11 is 5.22. The maximum Gasteiger partial charge on any atom is 0.241 e. The van der Waals surface area contributed by atoms with Gasteiger partial charge in [-0.25, -0.2) is 4.99 Å². The fourth-order valence-electron chi connectivity index (χ4n) is 1.62. The molecule has 0 aliphatic heterocycles. The summed E-state index contributed by atoms with van der Waals surface area (Å²) in [7, 11) is 3.49. The summed E-state index contributed by atoms with van der Waals surface area (Å²) in [6, 6.07) is 8.06. The number of carbonyl (C=O) groups is 1. The lowest BCUT2D eigenvalue weighted by atomic mass is 10.2. The van der Waals surface area contributed by atoms with E-state index in [0.29, 0.717) is 12.5 Å². The predicted molar refractivity (Wildman–Crippen MR) is 123 cm³/mol. The topological polar surface area (TPSA) is 56.7 Å². The number of hydrogen-bond acceptors (Lipinski definition) is 3. The first-order valence-corrected chi connectivity index (χ1v) is 9.77. The molecule has 5 nitrogen and oxygen atoms in total. The molecule has 0 radical (unpaired) electrons. The van der Waals surface area contributed by atoms with Crippen LogP contribution >= 0.6 is 51.7 Å². The zero-order chi connectivity index (χ0) is 18.2. The third-order valence-corrected chi connectivity index (χ3v) is 5.25. The number of likely N-dealkylation sites (N-methyl/N-ethyl adjacent to an activating group) is 1. The molecular weight excluding hydrogens is 515 g/mol. The van der Waals surface area contributed by atoms with Gasteiger partial charge < -0.3 is 15.5 Å². The minimum absolute atomic E-state index is 0. The minimum atomic E-state index is 0. The Hall–Kier alpha value is -0.480. The summed E-state index contributed by atoms with van der Waals surface area (Å²) in [5.74, 6) is 0.660. The monoisotopic (exact) mass is 542 g/mol. The fraction of sp³-hybridized carbons (Fsp3) is 0.529. The number of nitrogens with one attached hydrogen (secondary N) is 2. The van der Waals surface area contributed by atoms with Crippen LogP contribution in [0, 0.1) is 0 Å². The molecule has 8 heteroatoms. The van der Waals surface area contributed by atoms with Crippen molar-refractivity contribution in [1.82, 2.24) is 15.5 Å². The number of aliphatic imine (C=N–C) groups is 1. The molecule has 0 unspecified atom stereocenters. The normalized spacial score (nSPS) is 11.5. The molecule has 0 atom stereocenters. The number of benzene rings is 1. The van der Waals surface area contributed by atoms with Gasteiger partial charge >= 0.3 is 0 Å². The van der Waals surface area contributed by atoms with Crippen LogP contribution in [0.5, 0.6) is 0 Å². The molecule has 0 saturated heterocycles. The second-order valence-corrected chi connectivity index (χ2v) is 8.68. The summed E-state index contributed by atoms with van der Waals surface area (Å²) < 4.78 is 1.14. The van der Waals surface area contributed by atoms with E-state index in [9.17, 15) is 4.79 Å². The van der Waals surface area contributed by atoms with Crippen molar-refractivity contribution in [2.45, 2.75) is 25.1 Å². The van der Waals surface area contributed by atoms with Crippen LogP contribution in [0.4, 0.5) is 0 Å². The molecule has 0 aliphatic carbocycles. The third-order valence-electron chi connectivity index (χ3n) is 3.47. The number of rotatable bonds is 7. The van der Waals surface area contributed by atoms with E-state index < -0.39 is 0 Å². The average Bonchev–Trinajstić information content (AvgIpc) is 2.55. The maximum atomic E-state index is 11.8. The summed E-state index contributed by atoms with van der Waals surface area (Å²) in [6.45, 7) is 5.87. The van der Waals surface area contributed by atoms with Gasteiger partial charge in [0.2, 0.25) is 5.91 Å². The maximum absolute atomic E-state index is 11.8. The Morgan fingerprint density at radius 1 is 1.24 bits per heavy atom. The van der Waals surface area contributed by atoms with Crippen LogP contribution in [0.15, 0.2) is 33.7 Å². The van der Waals surface area contributed by atoms with Gasteiger partial charge in [0.15, 0.2) is 5.96 Å². The molecule has 25 heavy (non-hydrogen) atoms. The number of thioether (sulfide) groups is 1. The second kappa shape index (κ2) is 12.0. The Bertz CT molecular complexity index is 564. The van der Waals surface area contributed by atoms with Gasteiger partial charge in [-0.3, -0.25) is 4.79 Å². The highest BCUT2D eigenvalue weighted by Crippen LogP contribution is 2.19. The Balaban J connectivity index is 0.00000576. The van der Waals surface area contributed by atoms with E-state index in [0.717, 1.165) is 16.6 Å². The van der Waals surface area contributed by atoms with Crippen molar-refractivity contribution in [2.24, 2.45) is 4.99 Å². The number of amides is 1. The molecule has 1 aromatic rings. The Morgan fingerprint density at radius 2 is 1.84 bits per heavy atom. The van der Waals surface area contributed by atoms with E-state index in [1.165, 1.54) is 0 Å². The van der Waals surface area contributed by atoms with E-state index in [2.05, 4.69) is 51.7 Å². The van der Waals surface area contributed by atoms with E-state index in [4.69, 9.17) is 0 Å². The van der Waals surface area contributed by atoms with Gasteiger partial charge in [0.1, 0.15) is 0 Å². The molecule has 142 valence electrons. The van der Waals surface area contributed by atoms with Crippen LogP contribution in [0.1, 0.15) is 19.4 Å². The van der Waals surface area contributed by atoms with Crippen molar-refractivity contribution >= 4 is 63.5 Å². The molecule has 0 bridgehead atoms. The quantitative estimate of drug-likeness (QED) is 0.315. The number of hydrogen-bond donors (Lipinski definition) is 2. The van der Waals surface area contributed by atoms with Crippen LogP contribution in [-0.2, 0) is 11.3 Å². The Morgan fingerprint density at radius 3 is 2.36 bits per heavy atom. The van der Waals surface area contributed by atoms with E-state index in [1.807, 2.05) is 24.3 Å². The van der Waals surface area contributed by atoms with E-state index >= 15 is 0 Å². The number of halogens is 2. The molecule has 2 N–H and O–H groups in total. The van der Waals surface area contributed by atoms with Crippen LogP contribution in [0.25, 0.3) is 0 Å². The Labute approximate surface area is 180 Å². The summed E-state index contributed by atoms with van der Waals surface area (Å²) in [5.41, 5.74) is 1.11. The lowest BCUT2D eigenvalue weighted by Crippen LogP contribution is -2.46. The molecule has 0 aromatic heterocycles. The molecule has 1 rings (SSSR count). The van der Waals surface area contributed by atoms with Crippen LogP contribution < -0.4 is 10.6 Å². The van der Waals surface area contributed by atoms with Gasteiger partial charge in [-0.15, -0.1) is 24.0 Å². The van der Waals surface area contributed by atoms with Gasteiger partial charge in [0, 0.05) is 29.9 Å². The standard InChI is InChI=1S/C17H27BrN4OS.HI/c1-17(2,24-5)12-21-16(20-11-15(23)22(3)4)19-10-13-6-8-14(18)9-7-13;/h6-9H,10-12H2,1-5H3,(H2,19,20,21);1H. The van der Waals surface area contributed by atoms with Gasteiger partial charge in [-0.1, -0.05) is 28.1 Å². The van der Waals surface area contributed by atoms with Crippen molar-refractivity contribution in [1.29, 1.82) is 0 Å². The summed E-state index contributed by atoms with van der Waals surface area (Å²) in [4.78, 5) is 17.9. The second-order valence-electron chi connectivity index (χ2n) is 6.25. The van der Waals surface area contributed by atoms with Gasteiger partial charge in [0.05, 0.1) is 13.1 Å². The molecular formula is C17H28BrIN4OS. The number of guanidine groups is 1. The smallest absolute Gasteiger partial charge is 0.241 e. The first kappa shape index (κ1) is 24.5. The third kappa shape index (κ3) is 10.3. The summed E-state index contributed by atoms with van der Waals surface area (Å²) in [6.07, 6.45) is 2.09. The van der Waals surface area contributed by atoms with Crippen LogP contribution in [-0.4, -0.2) is 55.0 Å². The molecule has 1 aromatic carbocycles. The first-order chi connectivity index (χ1) is 11.2. The first-order valence-electron chi connectivity index (χ1n) is 7.75. The molecule has 1 amide bonds. The molecule has 0 fully saturated rings. The van der Waals surface area contributed by atoms with Crippen molar-refractivity contribution in [3.05, 3.63) is 34.3 Å². The SMILES string of the molecule is CSC(C)(C)CNC(=NCc1ccc(Br)cc1)NCC(=O)N(C)C.I. The largest absolute Gasteiger partial charge is 0.355 e. The zero-order valence-electron chi connectivity index (χ0n) is 15.4. The summed E-state index contributed by atoms with van der Waals surface area (Å²) in [5, 5.41) is 6.43. The van der Waals surface area contributed by atoms with Gasteiger partial charge in [-0.05, 0) is 37.8 Å². The lowest BCUT2D eigenvalue weighted by Gasteiger charge is -2.24. The number of nitrogens with zero attached hydrogens (tertiary/aromatic N) is 2. The predicted octanol–water partition coefficient (Wildman–Crippen LogP) is 3.33. The Kier molecular flexibility index (Phi) is 11.8. The highest BCUT2D eigenvalue weighted by atomic mass is 127. The van der Waals surface area contributed by atoms with Crippen LogP contribution in [0.2, 0.25) is 0 Å². The van der Waals surface area contributed by atoms with Crippen LogP contribution in [0.3, 0.4) is 0 Å². The molecule has 0 spiro atoms. The van der Waals surface area contributed by atoms with Gasteiger partial charge in [0.25, 0.3) is 0 Å². The van der Waals surface area contributed by atoms with E-state index in [1.54, 1.807) is 30.8 Å². The van der Waals surface area contributed by atoms with Crippen molar-refractivity contribution in [3.8, 4) is 0 Å². The van der Waals surface area contributed by atoms with Gasteiger partial charge in [-0.2, -0.15) is 11.8 Å². The highest BCUT2D eigenvalue weighted by Gasteiger charge is 2.16. The van der Waals surface area contributed by atoms with Crippen molar-refractivity contribution in [3.63, 3.8) is 0 Å². The van der Waals surface area contributed by atoms with E-state index in [-0.39, 0.29) is 41.2 Å². The van der Waals surface area contributed by atoms with Crippen molar-refractivity contribution in [2.75, 3.05) is 33.4 Å². The molecule has 0 saturated carbocycles. The minimum Gasteiger partial charge on any atom is -0.355 e. The highest BCUT2D eigenvalue weighted by molar-refractivity contribution is 14.0. The zero-order valence-corrected chi connectivity index (χ0v) is 20.2. The molecule has 0 heterocycles. The molecule has 0 aliphatic rings.